The van der Waals surface area contributed by atoms with Crippen LogP contribution in [0.1, 0.15) is 69.4 Å². The Bertz CT molecular complexity index is 964. The van der Waals surface area contributed by atoms with Crippen LogP contribution in [0.2, 0.25) is 0 Å². The average molecular weight is 469 g/mol. The monoisotopic (exact) mass is 468 g/mol. The highest BCUT2D eigenvalue weighted by molar-refractivity contribution is 5.98. The van der Waals surface area contributed by atoms with Gasteiger partial charge in [-0.2, -0.15) is 0 Å². The van der Waals surface area contributed by atoms with Gasteiger partial charge in [0.05, 0.1) is 24.7 Å². The first-order valence-corrected chi connectivity index (χ1v) is 12.6. The number of benzene rings is 1. The zero-order valence-corrected chi connectivity index (χ0v) is 21.1. The molecule has 2 fully saturated rings. The van der Waals surface area contributed by atoms with Crippen LogP contribution in [0, 0.1) is 5.41 Å². The number of rotatable bonds is 6. The predicted octanol–water partition coefficient (Wildman–Crippen LogP) is 3.89. The van der Waals surface area contributed by atoms with Gasteiger partial charge in [0.15, 0.2) is 5.69 Å². The molecule has 1 aromatic carbocycles. The molecular weight excluding hydrogens is 428 g/mol. The van der Waals surface area contributed by atoms with E-state index in [9.17, 15) is 9.90 Å². The second-order valence-electron chi connectivity index (χ2n) is 11.1. The van der Waals surface area contributed by atoms with Gasteiger partial charge in [-0.3, -0.25) is 4.79 Å². The van der Waals surface area contributed by atoms with Gasteiger partial charge in [0, 0.05) is 38.3 Å². The molecule has 1 aromatic heterocycles. The third-order valence-electron chi connectivity index (χ3n) is 7.19. The number of methoxy groups -OCH3 is 1. The van der Waals surface area contributed by atoms with E-state index in [1.807, 2.05) is 39.8 Å². The van der Waals surface area contributed by atoms with Crippen LogP contribution in [0.25, 0.3) is 11.3 Å². The molecule has 2 N–H and O–H groups in total. The molecule has 34 heavy (non-hydrogen) atoms. The summed E-state index contributed by atoms with van der Waals surface area (Å²) in [6.07, 6.45) is 6.16. The number of aromatic nitrogens is 2. The van der Waals surface area contributed by atoms with Gasteiger partial charge in [0.25, 0.3) is 5.91 Å². The maximum atomic E-state index is 14.0. The van der Waals surface area contributed by atoms with Crippen LogP contribution in [0.15, 0.2) is 36.7 Å². The topological polar surface area (TPSA) is 79.6 Å². The van der Waals surface area contributed by atoms with Gasteiger partial charge in [-0.15, -0.1) is 0 Å². The molecule has 0 bridgehead atoms. The molecule has 2 aromatic rings. The standard InChI is InChI=1S/C27H40N4O3/c1-26(2,3)16-21-17-28-14-15-30(21)25(32)23-24(20-10-6-5-7-11-20)31(19-29-23)22-12-8-9-13-27(22,33)18-34-4/h5-7,10-11,19,21-22,28,33H,8-9,12-18H2,1-4H3/t21-,22-,27-/m1/s1. The molecule has 2 heterocycles. The molecule has 1 aliphatic carbocycles. The van der Waals surface area contributed by atoms with E-state index in [0.717, 1.165) is 50.0 Å². The van der Waals surface area contributed by atoms with Crippen LogP contribution < -0.4 is 5.32 Å². The Morgan fingerprint density at radius 3 is 2.74 bits per heavy atom. The van der Waals surface area contributed by atoms with Crippen LogP contribution in [-0.4, -0.2) is 70.5 Å². The molecule has 1 aliphatic heterocycles. The normalized spacial score (nSPS) is 26.0. The van der Waals surface area contributed by atoms with Crippen LogP contribution in [0.4, 0.5) is 0 Å². The van der Waals surface area contributed by atoms with Crippen LogP contribution in [-0.2, 0) is 4.74 Å². The number of hydrogen-bond acceptors (Lipinski definition) is 5. The molecular formula is C27H40N4O3. The van der Waals surface area contributed by atoms with Gasteiger partial charge in [-0.1, -0.05) is 63.9 Å². The summed E-state index contributed by atoms with van der Waals surface area (Å²) in [5.41, 5.74) is 1.33. The van der Waals surface area contributed by atoms with Crippen molar-refractivity contribution >= 4 is 5.91 Å². The first-order valence-electron chi connectivity index (χ1n) is 12.6. The van der Waals surface area contributed by atoms with Gasteiger partial charge in [0.2, 0.25) is 0 Å². The number of nitrogens with zero attached hydrogens (tertiary/aromatic N) is 3. The molecule has 3 atom stereocenters. The minimum Gasteiger partial charge on any atom is -0.385 e. The van der Waals surface area contributed by atoms with Crippen molar-refractivity contribution < 1.29 is 14.6 Å². The van der Waals surface area contributed by atoms with Gasteiger partial charge in [-0.05, 0) is 24.7 Å². The van der Waals surface area contributed by atoms with Crippen molar-refractivity contribution in [2.45, 2.75) is 70.6 Å². The van der Waals surface area contributed by atoms with Crippen LogP contribution in [0.5, 0.6) is 0 Å². The van der Waals surface area contributed by atoms with E-state index in [1.165, 1.54) is 0 Å². The number of aliphatic hydroxyl groups is 1. The quantitative estimate of drug-likeness (QED) is 0.672. The highest BCUT2D eigenvalue weighted by Crippen LogP contribution is 2.41. The number of hydrogen-bond donors (Lipinski definition) is 2. The molecule has 7 heteroatoms. The van der Waals surface area contributed by atoms with Crippen molar-refractivity contribution in [1.29, 1.82) is 0 Å². The van der Waals surface area contributed by atoms with E-state index in [2.05, 4.69) is 26.1 Å². The van der Waals surface area contributed by atoms with Crippen molar-refractivity contribution in [3.05, 3.63) is 42.4 Å². The second kappa shape index (κ2) is 10.2. The predicted molar refractivity (Wildman–Crippen MR) is 134 cm³/mol. The second-order valence-corrected chi connectivity index (χ2v) is 11.1. The maximum absolute atomic E-state index is 14.0. The molecule has 1 amide bonds. The van der Waals surface area contributed by atoms with Gasteiger partial charge >= 0.3 is 0 Å². The van der Waals surface area contributed by atoms with Gasteiger partial charge in [-0.25, -0.2) is 4.98 Å². The number of amides is 1. The Labute approximate surface area is 203 Å². The summed E-state index contributed by atoms with van der Waals surface area (Å²) < 4.78 is 7.47. The van der Waals surface area contributed by atoms with Crippen LogP contribution in [0.3, 0.4) is 0 Å². The molecule has 1 saturated carbocycles. The summed E-state index contributed by atoms with van der Waals surface area (Å²) in [7, 11) is 1.63. The zero-order valence-electron chi connectivity index (χ0n) is 21.1. The lowest BCUT2D eigenvalue weighted by Gasteiger charge is -2.41. The summed E-state index contributed by atoms with van der Waals surface area (Å²) in [4.78, 5) is 20.7. The van der Waals surface area contributed by atoms with Gasteiger partial charge < -0.3 is 24.6 Å². The summed E-state index contributed by atoms with van der Waals surface area (Å²) in [5.74, 6) is -0.0283. The van der Waals surface area contributed by atoms with Crippen molar-refractivity contribution in [3.63, 3.8) is 0 Å². The Balaban J connectivity index is 1.76. The number of imidazole rings is 1. The molecule has 2 aliphatic rings. The Morgan fingerprint density at radius 1 is 1.26 bits per heavy atom. The van der Waals surface area contributed by atoms with E-state index in [4.69, 9.17) is 9.72 Å². The minimum absolute atomic E-state index is 0.0283. The minimum atomic E-state index is -0.985. The van der Waals surface area contributed by atoms with E-state index < -0.39 is 5.60 Å². The third-order valence-corrected chi connectivity index (χ3v) is 7.19. The molecule has 7 nitrogen and oxygen atoms in total. The Hall–Kier alpha value is -2.22. The smallest absolute Gasteiger partial charge is 0.275 e. The molecule has 1 saturated heterocycles. The summed E-state index contributed by atoms with van der Waals surface area (Å²) in [5, 5.41) is 15.0. The summed E-state index contributed by atoms with van der Waals surface area (Å²) in [6.45, 7) is 9.15. The SMILES string of the molecule is COC[C@]1(O)CCCC[C@H]1n1cnc(C(=O)N2CCNC[C@H]2CC(C)(C)C)c1-c1ccccc1. The number of nitrogens with one attached hydrogen (secondary N) is 1. The maximum Gasteiger partial charge on any atom is 0.275 e. The fraction of sp³-hybridized carbons (Fsp3) is 0.630. The van der Waals surface area contributed by atoms with E-state index in [1.54, 1.807) is 13.4 Å². The first kappa shape index (κ1) is 24.9. The van der Waals surface area contributed by atoms with E-state index >= 15 is 0 Å². The lowest BCUT2D eigenvalue weighted by molar-refractivity contribution is -0.0893. The van der Waals surface area contributed by atoms with Crippen molar-refractivity contribution in [2.24, 2.45) is 5.41 Å². The van der Waals surface area contributed by atoms with Gasteiger partial charge in [0.1, 0.15) is 5.60 Å². The largest absolute Gasteiger partial charge is 0.385 e. The van der Waals surface area contributed by atoms with E-state index in [-0.39, 0.29) is 30.0 Å². The van der Waals surface area contributed by atoms with Crippen molar-refractivity contribution in [3.8, 4) is 11.3 Å². The van der Waals surface area contributed by atoms with Crippen molar-refractivity contribution in [2.75, 3.05) is 33.4 Å². The molecule has 4 rings (SSSR count). The lowest BCUT2D eigenvalue weighted by Crippen LogP contribution is -2.54. The Morgan fingerprint density at radius 2 is 2.03 bits per heavy atom. The lowest BCUT2D eigenvalue weighted by atomic mass is 9.80. The van der Waals surface area contributed by atoms with Crippen LogP contribution >= 0.6 is 0 Å². The molecule has 0 unspecified atom stereocenters. The number of ether oxygens (including phenoxy) is 1. The summed E-state index contributed by atoms with van der Waals surface area (Å²) >= 11 is 0. The molecule has 0 radical (unpaired) electrons. The third kappa shape index (κ3) is 5.21. The Kier molecular flexibility index (Phi) is 7.45. The fourth-order valence-electron chi connectivity index (χ4n) is 5.71. The molecule has 186 valence electrons. The zero-order chi connectivity index (χ0) is 24.3. The number of piperazine rings is 1. The highest BCUT2D eigenvalue weighted by Gasteiger charge is 2.42. The average Bonchev–Trinajstić information content (AvgIpc) is 3.23. The van der Waals surface area contributed by atoms with Crippen molar-refractivity contribution in [1.82, 2.24) is 19.8 Å². The number of carbonyl (C=O) groups excluding carboxylic acids is 1. The highest BCUT2D eigenvalue weighted by atomic mass is 16.5. The summed E-state index contributed by atoms with van der Waals surface area (Å²) in [6, 6.07) is 9.91. The van der Waals surface area contributed by atoms with E-state index in [0.29, 0.717) is 18.7 Å². The number of carbonyl (C=O) groups is 1. The fourth-order valence-corrected chi connectivity index (χ4v) is 5.71. The first-order chi connectivity index (χ1) is 16.2. The molecule has 0 spiro atoms.